The number of anilines is 1. The normalized spacial score (nSPS) is 13.8. The van der Waals surface area contributed by atoms with E-state index in [1.54, 1.807) is 36.0 Å². The molecule has 2 aromatic carbocycles. The van der Waals surface area contributed by atoms with Gasteiger partial charge in [-0.1, -0.05) is 12.1 Å². The maximum atomic E-state index is 12.6. The van der Waals surface area contributed by atoms with E-state index in [-0.39, 0.29) is 0 Å². The molecule has 0 spiro atoms. The zero-order valence-electron chi connectivity index (χ0n) is 16.0. The van der Waals surface area contributed by atoms with E-state index in [1.165, 1.54) is 31.4 Å². The number of methoxy groups -OCH3 is 1. The number of carbonyl (C=O) groups is 4. The van der Waals surface area contributed by atoms with Crippen LogP contribution in [0.2, 0.25) is 0 Å². The number of nitrogens with one attached hydrogen (secondary N) is 1. The first-order valence-corrected chi connectivity index (χ1v) is 10.3. The minimum Gasteiger partial charge on any atom is -0.467 e. The lowest BCUT2D eigenvalue weighted by atomic mass is 10.1. The van der Waals surface area contributed by atoms with Crippen molar-refractivity contribution in [2.45, 2.75) is 12.5 Å². The number of amides is 3. The van der Waals surface area contributed by atoms with E-state index in [9.17, 15) is 19.2 Å². The fourth-order valence-electron chi connectivity index (χ4n) is 3.05. The molecule has 1 N–H and O–H groups in total. The Balaban J connectivity index is 1.75. The Morgan fingerprint density at radius 1 is 1.03 bits per heavy atom. The van der Waals surface area contributed by atoms with Crippen LogP contribution in [-0.4, -0.2) is 48.9 Å². The Morgan fingerprint density at radius 3 is 2.14 bits per heavy atom. The number of fused-ring (bicyclic) bond motifs is 1. The highest BCUT2D eigenvalue weighted by Gasteiger charge is 2.36. The van der Waals surface area contributed by atoms with Gasteiger partial charge in [0, 0.05) is 5.56 Å². The van der Waals surface area contributed by atoms with Crippen LogP contribution in [0.15, 0.2) is 48.5 Å². The Kier molecular flexibility index (Phi) is 6.33. The van der Waals surface area contributed by atoms with Crippen LogP contribution >= 0.6 is 11.8 Å². The molecule has 0 aliphatic carbocycles. The van der Waals surface area contributed by atoms with Crippen molar-refractivity contribution in [3.05, 3.63) is 65.2 Å². The molecular formula is C21H20N2O5S. The molecule has 1 aliphatic rings. The molecular weight excluding hydrogens is 392 g/mol. The zero-order chi connectivity index (χ0) is 21.0. The number of hydrogen-bond donors (Lipinski definition) is 1. The van der Waals surface area contributed by atoms with Gasteiger partial charge in [-0.2, -0.15) is 11.8 Å². The highest BCUT2D eigenvalue weighted by Crippen LogP contribution is 2.28. The number of hydrogen-bond acceptors (Lipinski definition) is 6. The molecule has 1 atom stereocenters. The molecule has 2 aromatic rings. The second-order valence-corrected chi connectivity index (χ2v) is 7.35. The predicted octanol–water partition coefficient (Wildman–Crippen LogP) is 2.51. The quantitative estimate of drug-likeness (QED) is 0.555. The van der Waals surface area contributed by atoms with Gasteiger partial charge >= 0.3 is 5.97 Å². The van der Waals surface area contributed by atoms with Crippen LogP contribution < -0.4 is 10.2 Å². The third kappa shape index (κ3) is 4.17. The molecule has 3 rings (SSSR count). The van der Waals surface area contributed by atoms with Gasteiger partial charge in [-0.25, -0.2) is 9.69 Å². The van der Waals surface area contributed by atoms with E-state index in [1.807, 2.05) is 6.26 Å². The summed E-state index contributed by atoms with van der Waals surface area (Å²) in [5.41, 5.74) is 1.39. The predicted molar refractivity (Wildman–Crippen MR) is 110 cm³/mol. The van der Waals surface area contributed by atoms with E-state index in [0.717, 1.165) is 4.90 Å². The largest absolute Gasteiger partial charge is 0.467 e. The lowest BCUT2D eigenvalue weighted by molar-refractivity contribution is -0.142. The first kappa shape index (κ1) is 20.6. The first-order chi connectivity index (χ1) is 14.0. The summed E-state index contributed by atoms with van der Waals surface area (Å²) in [4.78, 5) is 50.6. The van der Waals surface area contributed by atoms with Crippen molar-refractivity contribution in [3.8, 4) is 0 Å². The van der Waals surface area contributed by atoms with Crippen LogP contribution in [0.4, 0.5) is 5.69 Å². The van der Waals surface area contributed by atoms with Crippen LogP contribution in [-0.2, 0) is 9.53 Å². The molecule has 8 heteroatoms. The topological polar surface area (TPSA) is 92.8 Å². The Labute approximate surface area is 172 Å². The number of esters is 1. The lowest BCUT2D eigenvalue weighted by Crippen LogP contribution is -2.42. The Morgan fingerprint density at radius 2 is 1.62 bits per heavy atom. The number of nitrogens with zero attached hydrogens (tertiary/aromatic N) is 1. The maximum Gasteiger partial charge on any atom is 0.328 e. The van der Waals surface area contributed by atoms with Gasteiger partial charge in [-0.3, -0.25) is 14.4 Å². The fraction of sp³-hybridized carbons (Fsp3) is 0.238. The minimum atomic E-state index is -0.740. The van der Waals surface area contributed by atoms with Crippen LogP contribution in [0.5, 0.6) is 0 Å². The molecule has 0 bridgehead atoms. The van der Waals surface area contributed by atoms with Crippen molar-refractivity contribution in [2.75, 3.05) is 24.0 Å². The molecule has 0 radical (unpaired) electrons. The summed E-state index contributed by atoms with van der Waals surface area (Å²) >= 11 is 1.56. The Bertz CT molecular complexity index is 923. The highest BCUT2D eigenvalue weighted by molar-refractivity contribution is 7.98. The number of rotatable bonds is 7. The fourth-order valence-corrected chi connectivity index (χ4v) is 3.53. The van der Waals surface area contributed by atoms with Gasteiger partial charge in [0.05, 0.1) is 23.9 Å². The number of thioether (sulfide) groups is 1. The molecule has 29 heavy (non-hydrogen) atoms. The summed E-state index contributed by atoms with van der Waals surface area (Å²) in [5, 5.41) is 2.67. The second kappa shape index (κ2) is 8.91. The van der Waals surface area contributed by atoms with Crippen molar-refractivity contribution in [3.63, 3.8) is 0 Å². The van der Waals surface area contributed by atoms with Crippen molar-refractivity contribution < 1.29 is 23.9 Å². The van der Waals surface area contributed by atoms with Crippen molar-refractivity contribution in [2.24, 2.45) is 0 Å². The molecule has 150 valence electrons. The number of imide groups is 1. The average Bonchev–Trinajstić information content (AvgIpc) is 3.01. The van der Waals surface area contributed by atoms with Crippen LogP contribution in [0.1, 0.15) is 37.5 Å². The summed E-state index contributed by atoms with van der Waals surface area (Å²) in [5.74, 6) is -1.04. The minimum absolute atomic E-state index is 0.309. The SMILES string of the molecule is COC(=O)[C@@H](CCSC)NC(=O)c1ccc(N2C(=O)c3ccccc3C2=O)cc1. The van der Waals surface area contributed by atoms with Gasteiger partial charge in [-0.15, -0.1) is 0 Å². The third-order valence-corrected chi connectivity index (χ3v) is 5.23. The van der Waals surface area contributed by atoms with Gasteiger partial charge in [0.1, 0.15) is 6.04 Å². The molecule has 0 unspecified atom stereocenters. The van der Waals surface area contributed by atoms with Gasteiger partial charge in [0.15, 0.2) is 0 Å². The van der Waals surface area contributed by atoms with Crippen molar-refractivity contribution in [1.82, 2.24) is 5.32 Å². The molecule has 0 saturated carbocycles. The van der Waals surface area contributed by atoms with Crippen LogP contribution in [0, 0.1) is 0 Å². The monoisotopic (exact) mass is 412 g/mol. The van der Waals surface area contributed by atoms with Gasteiger partial charge in [0.25, 0.3) is 17.7 Å². The smallest absolute Gasteiger partial charge is 0.328 e. The summed E-state index contributed by atoms with van der Waals surface area (Å²) in [6, 6.07) is 12.0. The van der Waals surface area contributed by atoms with E-state index < -0.39 is 29.7 Å². The van der Waals surface area contributed by atoms with Gasteiger partial charge < -0.3 is 10.1 Å². The molecule has 3 amide bonds. The standard InChI is InChI=1S/C21H20N2O5S/c1-28-21(27)17(11-12-29-2)22-18(24)13-7-9-14(10-8-13)23-19(25)15-5-3-4-6-16(15)20(23)26/h3-10,17H,11-12H2,1-2H3,(H,22,24)/t17-/m1/s1. The van der Waals surface area contributed by atoms with E-state index in [4.69, 9.17) is 4.74 Å². The number of carbonyl (C=O) groups excluding carboxylic acids is 4. The van der Waals surface area contributed by atoms with E-state index in [0.29, 0.717) is 34.6 Å². The number of ether oxygens (including phenoxy) is 1. The Hall–Kier alpha value is -3.13. The number of benzene rings is 2. The molecule has 0 fully saturated rings. The van der Waals surface area contributed by atoms with Gasteiger partial charge in [0.2, 0.25) is 0 Å². The molecule has 1 aliphatic heterocycles. The maximum absolute atomic E-state index is 12.6. The van der Waals surface area contributed by atoms with Crippen molar-refractivity contribution >= 4 is 41.1 Å². The first-order valence-electron chi connectivity index (χ1n) is 8.93. The molecule has 7 nitrogen and oxygen atoms in total. The second-order valence-electron chi connectivity index (χ2n) is 6.37. The van der Waals surface area contributed by atoms with Crippen molar-refractivity contribution in [1.29, 1.82) is 0 Å². The van der Waals surface area contributed by atoms with Crippen LogP contribution in [0.25, 0.3) is 0 Å². The van der Waals surface area contributed by atoms with Crippen LogP contribution in [0.3, 0.4) is 0 Å². The highest BCUT2D eigenvalue weighted by atomic mass is 32.2. The van der Waals surface area contributed by atoms with Gasteiger partial charge in [-0.05, 0) is 54.8 Å². The zero-order valence-corrected chi connectivity index (χ0v) is 16.8. The molecule has 0 aromatic heterocycles. The summed E-state index contributed by atoms with van der Waals surface area (Å²) in [7, 11) is 1.28. The third-order valence-electron chi connectivity index (χ3n) is 4.58. The lowest BCUT2D eigenvalue weighted by Gasteiger charge is -2.17. The molecule has 0 saturated heterocycles. The van der Waals surface area contributed by atoms with E-state index in [2.05, 4.69) is 5.32 Å². The average molecular weight is 412 g/mol. The summed E-state index contributed by atoms with van der Waals surface area (Å²) in [6.07, 6.45) is 2.36. The van der Waals surface area contributed by atoms with E-state index >= 15 is 0 Å². The molecule has 1 heterocycles. The summed E-state index contributed by atoms with van der Waals surface area (Å²) in [6.45, 7) is 0. The summed E-state index contributed by atoms with van der Waals surface area (Å²) < 4.78 is 4.74.